The number of imidazole rings is 1. The Kier molecular flexibility index (Phi) is 3.48. The number of carbonyl (C=O) groups is 1. The number of aryl methyl sites for hydroxylation is 1. The Morgan fingerprint density at radius 2 is 2.36 bits per heavy atom. The number of nitrogens with zero attached hydrogens (tertiary/aromatic N) is 2. The molecule has 2 aliphatic carbocycles. The molecule has 2 fully saturated rings. The predicted octanol–water partition coefficient (Wildman–Crippen LogP) is 3.19. The van der Waals surface area contributed by atoms with Gasteiger partial charge in [0.25, 0.3) is 0 Å². The Bertz CT molecular complexity index is 704. The molecule has 2 heterocycles. The largest absolute Gasteiger partial charge is 0.353 e. The van der Waals surface area contributed by atoms with Crippen LogP contribution in [0.25, 0.3) is 4.96 Å². The van der Waals surface area contributed by atoms with Crippen LogP contribution in [-0.4, -0.2) is 21.3 Å². The summed E-state index contributed by atoms with van der Waals surface area (Å²) in [4.78, 5) is 17.8. The molecule has 4 nitrogen and oxygen atoms in total. The van der Waals surface area contributed by atoms with Gasteiger partial charge in [-0.15, -0.1) is 11.3 Å². The van der Waals surface area contributed by atoms with Gasteiger partial charge in [-0.1, -0.05) is 6.42 Å². The second-order valence-electron chi connectivity index (χ2n) is 7.13. The monoisotopic (exact) mass is 317 g/mol. The molecule has 2 aliphatic rings. The van der Waals surface area contributed by atoms with Gasteiger partial charge in [0, 0.05) is 23.3 Å². The summed E-state index contributed by atoms with van der Waals surface area (Å²) < 4.78 is 2.04. The maximum atomic E-state index is 12.4. The Morgan fingerprint density at radius 3 is 3.09 bits per heavy atom. The fourth-order valence-electron chi connectivity index (χ4n) is 4.55. The predicted molar refractivity (Wildman–Crippen MR) is 88.1 cm³/mol. The van der Waals surface area contributed by atoms with Crippen LogP contribution < -0.4 is 5.32 Å². The number of nitrogens with one attached hydrogen (secondary N) is 1. The average Bonchev–Trinajstić information content (AvgIpc) is 3.21. The molecule has 2 saturated carbocycles. The van der Waals surface area contributed by atoms with Gasteiger partial charge in [-0.05, 0) is 50.9 Å². The molecule has 0 aliphatic heterocycles. The maximum Gasteiger partial charge on any atom is 0.226 e. The van der Waals surface area contributed by atoms with Gasteiger partial charge in [0.05, 0.1) is 12.1 Å². The van der Waals surface area contributed by atoms with Gasteiger partial charge in [0.15, 0.2) is 4.96 Å². The molecular formula is C17H23N3OS. The Morgan fingerprint density at radius 1 is 1.50 bits per heavy atom. The average molecular weight is 317 g/mol. The lowest BCUT2D eigenvalue weighted by molar-refractivity contribution is -0.121. The second-order valence-corrected chi connectivity index (χ2v) is 7.97. The van der Waals surface area contributed by atoms with E-state index in [1.54, 1.807) is 11.3 Å². The maximum absolute atomic E-state index is 12.4. The normalized spacial score (nSPS) is 28.4. The second kappa shape index (κ2) is 5.37. The molecule has 5 heteroatoms. The smallest absolute Gasteiger partial charge is 0.226 e. The molecule has 2 aromatic heterocycles. The third-order valence-corrected chi connectivity index (χ3v) is 6.46. The molecule has 4 atom stereocenters. The van der Waals surface area contributed by atoms with E-state index in [-0.39, 0.29) is 5.91 Å². The third-order valence-electron chi connectivity index (χ3n) is 5.57. The van der Waals surface area contributed by atoms with E-state index in [1.807, 2.05) is 22.9 Å². The molecule has 0 spiro atoms. The van der Waals surface area contributed by atoms with Crippen molar-refractivity contribution < 1.29 is 4.79 Å². The first-order chi connectivity index (χ1) is 10.6. The van der Waals surface area contributed by atoms with Crippen molar-refractivity contribution in [1.82, 2.24) is 14.7 Å². The van der Waals surface area contributed by atoms with Crippen molar-refractivity contribution in [2.75, 3.05) is 0 Å². The van der Waals surface area contributed by atoms with Crippen molar-refractivity contribution in [2.24, 2.45) is 17.8 Å². The number of carbonyl (C=O) groups excluding carboxylic acids is 1. The highest BCUT2D eigenvalue weighted by atomic mass is 32.1. The van der Waals surface area contributed by atoms with Crippen LogP contribution in [0.2, 0.25) is 0 Å². The van der Waals surface area contributed by atoms with Gasteiger partial charge in [0.1, 0.15) is 0 Å². The fraction of sp³-hybridized carbons (Fsp3) is 0.647. The van der Waals surface area contributed by atoms with E-state index in [2.05, 4.69) is 17.2 Å². The number of hydrogen-bond donors (Lipinski definition) is 1. The zero-order chi connectivity index (χ0) is 15.3. The molecule has 22 heavy (non-hydrogen) atoms. The summed E-state index contributed by atoms with van der Waals surface area (Å²) in [5, 5.41) is 5.29. The minimum atomic E-state index is 0.140. The molecular weight excluding hydrogens is 294 g/mol. The Hall–Kier alpha value is -1.36. The Balaban J connectivity index is 1.40. The van der Waals surface area contributed by atoms with E-state index < -0.39 is 0 Å². The van der Waals surface area contributed by atoms with E-state index in [0.29, 0.717) is 18.4 Å². The Labute approximate surface area is 134 Å². The number of amides is 1. The first-order valence-corrected chi connectivity index (χ1v) is 9.19. The zero-order valence-corrected chi connectivity index (χ0v) is 14.0. The van der Waals surface area contributed by atoms with Crippen molar-refractivity contribution in [1.29, 1.82) is 0 Å². The molecule has 0 aromatic carbocycles. The molecule has 118 valence electrons. The van der Waals surface area contributed by atoms with Gasteiger partial charge in [-0.2, -0.15) is 0 Å². The lowest BCUT2D eigenvalue weighted by Gasteiger charge is -2.28. The minimum Gasteiger partial charge on any atom is -0.353 e. The highest BCUT2D eigenvalue weighted by Crippen LogP contribution is 2.49. The van der Waals surface area contributed by atoms with E-state index in [0.717, 1.165) is 28.2 Å². The van der Waals surface area contributed by atoms with Crippen LogP contribution in [0.5, 0.6) is 0 Å². The molecule has 2 aromatic rings. The lowest BCUT2D eigenvalue weighted by Crippen LogP contribution is -2.40. The van der Waals surface area contributed by atoms with Gasteiger partial charge in [-0.25, -0.2) is 4.98 Å². The highest BCUT2D eigenvalue weighted by Gasteiger charge is 2.42. The van der Waals surface area contributed by atoms with Crippen LogP contribution >= 0.6 is 11.3 Å². The van der Waals surface area contributed by atoms with E-state index in [1.165, 1.54) is 25.7 Å². The third kappa shape index (κ3) is 2.45. The van der Waals surface area contributed by atoms with Crippen LogP contribution in [-0.2, 0) is 11.2 Å². The quantitative estimate of drug-likeness (QED) is 0.941. The summed E-state index contributed by atoms with van der Waals surface area (Å²) >= 11 is 1.60. The van der Waals surface area contributed by atoms with Gasteiger partial charge >= 0.3 is 0 Å². The van der Waals surface area contributed by atoms with E-state index in [4.69, 9.17) is 0 Å². The van der Waals surface area contributed by atoms with Crippen LogP contribution in [0.1, 0.15) is 44.0 Å². The molecule has 0 saturated heterocycles. The van der Waals surface area contributed by atoms with Gasteiger partial charge in [-0.3, -0.25) is 9.20 Å². The summed E-state index contributed by atoms with van der Waals surface area (Å²) in [5.74, 6) is 2.62. The van der Waals surface area contributed by atoms with Gasteiger partial charge in [0.2, 0.25) is 5.91 Å². The summed E-state index contributed by atoms with van der Waals surface area (Å²) in [6.07, 6.45) is 7.94. The van der Waals surface area contributed by atoms with Crippen LogP contribution in [0.15, 0.2) is 11.6 Å². The van der Waals surface area contributed by atoms with Crippen molar-refractivity contribution in [3.8, 4) is 0 Å². The van der Waals surface area contributed by atoms with E-state index >= 15 is 0 Å². The number of aromatic nitrogens is 2. The molecule has 1 amide bonds. The van der Waals surface area contributed by atoms with E-state index in [9.17, 15) is 4.79 Å². The van der Waals surface area contributed by atoms with Crippen LogP contribution in [0.3, 0.4) is 0 Å². The number of fused-ring (bicyclic) bond motifs is 3. The number of thiazole rings is 1. The molecule has 0 unspecified atom stereocenters. The van der Waals surface area contributed by atoms with Gasteiger partial charge < -0.3 is 5.32 Å². The first kappa shape index (κ1) is 14.2. The zero-order valence-electron chi connectivity index (χ0n) is 13.2. The fourth-order valence-corrected chi connectivity index (χ4v) is 5.47. The summed E-state index contributed by atoms with van der Waals surface area (Å²) in [7, 11) is 0. The van der Waals surface area contributed by atoms with Crippen molar-refractivity contribution in [3.63, 3.8) is 0 Å². The minimum absolute atomic E-state index is 0.140. The lowest BCUT2D eigenvalue weighted by atomic mass is 9.84. The summed E-state index contributed by atoms with van der Waals surface area (Å²) in [5.41, 5.74) is 2.04. The first-order valence-electron chi connectivity index (χ1n) is 8.31. The molecule has 4 rings (SSSR count). The molecule has 1 N–H and O–H groups in total. The van der Waals surface area contributed by atoms with Crippen molar-refractivity contribution in [2.45, 2.75) is 52.0 Å². The molecule has 2 bridgehead atoms. The number of rotatable bonds is 4. The molecule has 0 radical (unpaired) electrons. The number of hydrogen-bond acceptors (Lipinski definition) is 3. The van der Waals surface area contributed by atoms with Crippen LogP contribution in [0, 0.1) is 24.7 Å². The van der Waals surface area contributed by atoms with Crippen LogP contribution in [0.4, 0.5) is 0 Å². The van der Waals surface area contributed by atoms with Crippen molar-refractivity contribution in [3.05, 3.63) is 23.0 Å². The summed E-state index contributed by atoms with van der Waals surface area (Å²) in [6.45, 7) is 4.18. The standard InChI is InChI=1S/C17H23N3OS/c1-10-8-20-14(9-22-17(20)18-10)7-16(21)19-11(2)15-6-12-3-4-13(15)5-12/h8-9,11-13,15H,3-7H2,1-2H3,(H,19,21)/t11-,12+,13+,15+/m1/s1. The SMILES string of the molecule is Cc1cn2c(CC(=O)N[C@H](C)[C@@H]3C[C@H]4CC[C@H]3C4)csc2n1. The highest BCUT2D eigenvalue weighted by molar-refractivity contribution is 7.15. The van der Waals surface area contributed by atoms with Crippen molar-refractivity contribution >= 4 is 22.2 Å². The topological polar surface area (TPSA) is 46.4 Å². The summed E-state index contributed by atoms with van der Waals surface area (Å²) in [6, 6.07) is 0.307.